The van der Waals surface area contributed by atoms with Crippen LogP contribution in [-0.2, 0) is 9.53 Å². The topological polar surface area (TPSA) is 102 Å². The SMILES string of the molecule is O=C(NC1(C(=O)O)CCOCC1)c1ccc(-c2nc3ccccc3s2)o1. The van der Waals surface area contributed by atoms with Gasteiger partial charge in [0.05, 0.1) is 10.2 Å². The van der Waals surface area contributed by atoms with E-state index in [-0.39, 0.29) is 18.6 Å². The molecule has 1 amide bonds. The lowest BCUT2D eigenvalue weighted by molar-refractivity contribution is -0.148. The highest BCUT2D eigenvalue weighted by molar-refractivity contribution is 7.21. The fraction of sp³-hybridized carbons (Fsp3) is 0.278. The Labute approximate surface area is 152 Å². The summed E-state index contributed by atoms with van der Waals surface area (Å²) in [6.45, 7) is 0.587. The molecule has 0 unspecified atom stereocenters. The first-order chi connectivity index (χ1) is 12.6. The first-order valence-electron chi connectivity index (χ1n) is 8.17. The van der Waals surface area contributed by atoms with Gasteiger partial charge in [0.2, 0.25) is 0 Å². The third kappa shape index (κ3) is 2.97. The number of benzene rings is 1. The Morgan fingerprint density at radius 1 is 1.15 bits per heavy atom. The molecule has 1 aliphatic rings. The largest absolute Gasteiger partial charge is 0.480 e. The van der Waals surface area contributed by atoms with Crippen molar-refractivity contribution in [2.75, 3.05) is 13.2 Å². The molecule has 0 saturated carbocycles. The van der Waals surface area contributed by atoms with Gasteiger partial charge in [0.25, 0.3) is 5.91 Å². The summed E-state index contributed by atoms with van der Waals surface area (Å²) in [5.41, 5.74) is -0.458. The molecule has 134 valence electrons. The van der Waals surface area contributed by atoms with Crippen molar-refractivity contribution in [2.45, 2.75) is 18.4 Å². The van der Waals surface area contributed by atoms with Gasteiger partial charge in [0.1, 0.15) is 5.54 Å². The number of furan rings is 1. The predicted octanol–water partition coefficient (Wildman–Crippen LogP) is 2.92. The Morgan fingerprint density at radius 3 is 2.65 bits per heavy atom. The van der Waals surface area contributed by atoms with Crippen LogP contribution in [0.4, 0.5) is 0 Å². The standard InChI is InChI=1S/C18H16N2O5S/c21-15(20-18(17(22)23)7-9-24-10-8-18)12-5-6-13(25-12)16-19-11-3-1-2-4-14(11)26-16/h1-6H,7-10H2,(H,20,21)(H,22,23). The number of nitrogens with one attached hydrogen (secondary N) is 1. The number of fused-ring (bicyclic) bond motifs is 1. The van der Waals surface area contributed by atoms with Crippen LogP contribution in [-0.4, -0.2) is 40.7 Å². The van der Waals surface area contributed by atoms with Gasteiger partial charge in [-0.15, -0.1) is 11.3 Å². The van der Waals surface area contributed by atoms with Crippen LogP contribution in [0.2, 0.25) is 0 Å². The molecule has 3 aromatic rings. The fourth-order valence-electron chi connectivity index (χ4n) is 2.94. The second-order valence-electron chi connectivity index (χ2n) is 6.10. The number of ether oxygens (including phenoxy) is 1. The first kappa shape index (κ1) is 16.7. The van der Waals surface area contributed by atoms with Crippen LogP contribution in [0.15, 0.2) is 40.8 Å². The van der Waals surface area contributed by atoms with Gasteiger partial charge in [-0.25, -0.2) is 9.78 Å². The average Bonchev–Trinajstić information content (AvgIpc) is 3.29. The van der Waals surface area contributed by atoms with Crippen LogP contribution < -0.4 is 5.32 Å². The number of amides is 1. The molecular formula is C18H16N2O5S. The molecule has 1 fully saturated rings. The third-order valence-electron chi connectivity index (χ3n) is 4.44. The second kappa shape index (κ2) is 6.54. The zero-order valence-electron chi connectivity index (χ0n) is 13.7. The molecule has 26 heavy (non-hydrogen) atoms. The summed E-state index contributed by atoms with van der Waals surface area (Å²) in [6, 6.07) is 10.9. The maximum atomic E-state index is 12.5. The van der Waals surface area contributed by atoms with Gasteiger partial charge in [0, 0.05) is 26.1 Å². The van der Waals surface area contributed by atoms with Crippen LogP contribution in [0.1, 0.15) is 23.4 Å². The highest BCUT2D eigenvalue weighted by Gasteiger charge is 2.42. The van der Waals surface area contributed by atoms with E-state index in [2.05, 4.69) is 10.3 Å². The van der Waals surface area contributed by atoms with Crippen LogP contribution >= 0.6 is 11.3 Å². The summed E-state index contributed by atoms with van der Waals surface area (Å²) in [7, 11) is 0. The minimum atomic E-state index is -1.32. The van der Waals surface area contributed by atoms with Gasteiger partial charge in [0.15, 0.2) is 16.5 Å². The molecule has 1 aromatic carbocycles. The lowest BCUT2D eigenvalue weighted by Gasteiger charge is -2.33. The van der Waals surface area contributed by atoms with Crippen molar-refractivity contribution >= 4 is 33.4 Å². The summed E-state index contributed by atoms with van der Waals surface area (Å²) in [5.74, 6) is -1.08. The number of carbonyl (C=O) groups excluding carboxylic acids is 1. The van der Waals surface area contributed by atoms with Crippen molar-refractivity contribution in [3.05, 3.63) is 42.2 Å². The molecule has 0 radical (unpaired) electrons. The second-order valence-corrected chi connectivity index (χ2v) is 7.14. The van der Waals surface area contributed by atoms with Crippen molar-refractivity contribution in [1.82, 2.24) is 10.3 Å². The Morgan fingerprint density at radius 2 is 1.92 bits per heavy atom. The average molecular weight is 372 g/mol. The van der Waals surface area contributed by atoms with Crippen LogP contribution in [0.3, 0.4) is 0 Å². The normalized spacial score (nSPS) is 16.5. The van der Waals surface area contributed by atoms with Gasteiger partial charge in [-0.2, -0.15) is 0 Å². The van der Waals surface area contributed by atoms with E-state index in [0.717, 1.165) is 10.2 Å². The maximum Gasteiger partial charge on any atom is 0.329 e. The number of hydrogen-bond donors (Lipinski definition) is 2. The lowest BCUT2D eigenvalue weighted by Crippen LogP contribution is -2.57. The quantitative estimate of drug-likeness (QED) is 0.730. The summed E-state index contributed by atoms with van der Waals surface area (Å²) < 4.78 is 11.9. The smallest absolute Gasteiger partial charge is 0.329 e. The van der Waals surface area contributed by atoms with E-state index in [1.165, 1.54) is 17.4 Å². The number of carboxylic acids is 1. The van der Waals surface area contributed by atoms with E-state index in [9.17, 15) is 14.7 Å². The molecule has 1 aliphatic heterocycles. The van der Waals surface area contributed by atoms with E-state index < -0.39 is 17.4 Å². The number of para-hydroxylation sites is 1. The molecule has 7 nitrogen and oxygen atoms in total. The highest BCUT2D eigenvalue weighted by Crippen LogP contribution is 2.31. The minimum absolute atomic E-state index is 0.0615. The van der Waals surface area contributed by atoms with Crippen LogP contribution in [0.5, 0.6) is 0 Å². The van der Waals surface area contributed by atoms with Crippen molar-refractivity contribution in [2.24, 2.45) is 0 Å². The predicted molar refractivity (Wildman–Crippen MR) is 95.2 cm³/mol. The van der Waals surface area contributed by atoms with Gasteiger partial charge in [-0.3, -0.25) is 4.79 Å². The molecule has 8 heteroatoms. The highest BCUT2D eigenvalue weighted by atomic mass is 32.1. The molecule has 0 bridgehead atoms. The molecule has 0 atom stereocenters. The van der Waals surface area contributed by atoms with Gasteiger partial charge in [-0.05, 0) is 24.3 Å². The van der Waals surface area contributed by atoms with Crippen molar-refractivity contribution in [3.8, 4) is 10.8 Å². The van der Waals surface area contributed by atoms with Crippen molar-refractivity contribution < 1.29 is 23.8 Å². The number of nitrogens with zero attached hydrogens (tertiary/aromatic N) is 1. The van der Waals surface area contributed by atoms with E-state index in [4.69, 9.17) is 9.15 Å². The Balaban J connectivity index is 1.57. The third-order valence-corrected chi connectivity index (χ3v) is 5.49. The molecule has 0 aliphatic carbocycles. The van der Waals surface area contributed by atoms with Crippen molar-refractivity contribution in [1.29, 1.82) is 0 Å². The van der Waals surface area contributed by atoms with Gasteiger partial charge in [-0.1, -0.05) is 12.1 Å². The van der Waals surface area contributed by atoms with E-state index in [0.29, 0.717) is 24.0 Å². The summed E-state index contributed by atoms with van der Waals surface area (Å²) in [5, 5.41) is 12.8. The molecule has 4 rings (SSSR count). The van der Waals surface area contributed by atoms with Crippen LogP contribution in [0.25, 0.3) is 21.0 Å². The molecule has 2 aromatic heterocycles. The summed E-state index contributed by atoms with van der Waals surface area (Å²) in [4.78, 5) is 28.7. The first-order valence-corrected chi connectivity index (χ1v) is 8.98. The zero-order chi connectivity index (χ0) is 18.1. The maximum absolute atomic E-state index is 12.5. The molecule has 1 saturated heterocycles. The number of aliphatic carboxylic acids is 1. The lowest BCUT2D eigenvalue weighted by atomic mass is 9.90. The monoisotopic (exact) mass is 372 g/mol. The number of hydrogen-bond acceptors (Lipinski definition) is 6. The van der Waals surface area contributed by atoms with Gasteiger partial charge < -0.3 is 19.6 Å². The summed E-state index contributed by atoms with van der Waals surface area (Å²) in [6.07, 6.45) is 0.443. The Kier molecular flexibility index (Phi) is 4.21. The van der Waals surface area contributed by atoms with Crippen LogP contribution in [0, 0.1) is 0 Å². The summed E-state index contributed by atoms with van der Waals surface area (Å²) >= 11 is 1.47. The molecule has 3 heterocycles. The van der Waals surface area contributed by atoms with E-state index in [1.807, 2.05) is 24.3 Å². The Bertz CT molecular complexity index is 938. The zero-order valence-corrected chi connectivity index (χ0v) is 14.5. The molecule has 0 spiro atoms. The molecular weight excluding hydrogens is 356 g/mol. The number of carboxylic acid groups (broad SMARTS) is 1. The van der Waals surface area contributed by atoms with E-state index in [1.54, 1.807) is 6.07 Å². The Hall–Kier alpha value is -2.71. The number of rotatable bonds is 4. The number of aromatic nitrogens is 1. The number of thiazole rings is 1. The van der Waals surface area contributed by atoms with E-state index >= 15 is 0 Å². The minimum Gasteiger partial charge on any atom is -0.480 e. The fourth-order valence-corrected chi connectivity index (χ4v) is 3.87. The van der Waals surface area contributed by atoms with Gasteiger partial charge >= 0.3 is 5.97 Å². The molecule has 2 N–H and O–H groups in total. The number of carbonyl (C=O) groups is 2. The van der Waals surface area contributed by atoms with Crippen molar-refractivity contribution in [3.63, 3.8) is 0 Å².